The van der Waals surface area contributed by atoms with Crippen LogP contribution in [-0.2, 0) is 12.8 Å². The lowest BCUT2D eigenvalue weighted by Gasteiger charge is -2.34. The van der Waals surface area contributed by atoms with Crippen molar-refractivity contribution >= 4 is 22.2 Å². The van der Waals surface area contributed by atoms with Gasteiger partial charge in [-0.1, -0.05) is 20.8 Å². The number of carbonyl (C=O) groups excluding carboxylic acids is 1. The van der Waals surface area contributed by atoms with E-state index in [0.717, 1.165) is 41.1 Å². The quantitative estimate of drug-likeness (QED) is 0.779. The number of hydrogen-bond donors (Lipinski definition) is 2. The summed E-state index contributed by atoms with van der Waals surface area (Å²) in [5, 5.41) is 7.62. The Labute approximate surface area is 170 Å². The Morgan fingerprint density at radius 1 is 1.14 bits per heavy atom. The van der Waals surface area contributed by atoms with Crippen molar-refractivity contribution in [1.82, 2.24) is 5.32 Å². The van der Waals surface area contributed by atoms with Crippen LogP contribution in [0.5, 0.6) is 11.5 Å². The van der Waals surface area contributed by atoms with Crippen molar-refractivity contribution in [2.45, 2.75) is 46.2 Å². The molecule has 0 saturated heterocycles. The molecule has 1 amide bonds. The van der Waals surface area contributed by atoms with Crippen molar-refractivity contribution in [2.75, 3.05) is 19.5 Å². The van der Waals surface area contributed by atoms with Crippen LogP contribution in [0.1, 0.15) is 59.7 Å². The molecule has 0 radical (unpaired) electrons. The van der Waals surface area contributed by atoms with E-state index in [4.69, 9.17) is 9.47 Å². The number of carbonyl (C=O) groups is 1. The molecule has 1 aromatic carbocycles. The van der Waals surface area contributed by atoms with Gasteiger partial charge in [-0.25, -0.2) is 0 Å². The zero-order valence-corrected chi connectivity index (χ0v) is 18.0. The molecule has 0 fully saturated rings. The van der Waals surface area contributed by atoms with Crippen molar-refractivity contribution in [3.05, 3.63) is 39.8 Å². The molecule has 5 nitrogen and oxygen atoms in total. The Kier molecular flexibility index (Phi) is 4.78. The Bertz CT molecular complexity index is 913. The van der Waals surface area contributed by atoms with Gasteiger partial charge in [0.1, 0.15) is 22.7 Å². The maximum Gasteiger partial charge on any atom is 0.256 e. The van der Waals surface area contributed by atoms with Gasteiger partial charge >= 0.3 is 0 Å². The molecule has 2 N–H and O–H groups in total. The molecule has 1 aromatic heterocycles. The maximum absolute atomic E-state index is 13.0. The Morgan fingerprint density at radius 2 is 1.93 bits per heavy atom. The molecule has 2 aliphatic rings. The summed E-state index contributed by atoms with van der Waals surface area (Å²) in [6, 6.07) is 5.66. The van der Waals surface area contributed by atoms with E-state index < -0.39 is 0 Å². The van der Waals surface area contributed by atoms with E-state index in [1.807, 2.05) is 18.2 Å². The summed E-state index contributed by atoms with van der Waals surface area (Å²) < 4.78 is 10.8. The third-order valence-corrected chi connectivity index (χ3v) is 7.21. The number of amides is 1. The number of benzene rings is 1. The third-order valence-electron chi connectivity index (χ3n) is 6.02. The number of methoxy groups -OCH3 is 2. The van der Waals surface area contributed by atoms with Gasteiger partial charge in [0.05, 0.1) is 19.8 Å². The summed E-state index contributed by atoms with van der Waals surface area (Å²) in [6.45, 7) is 6.94. The first kappa shape index (κ1) is 19.1. The fourth-order valence-corrected chi connectivity index (χ4v) is 5.60. The van der Waals surface area contributed by atoms with E-state index in [9.17, 15) is 4.79 Å². The van der Waals surface area contributed by atoms with Crippen LogP contribution in [0.2, 0.25) is 0 Å². The van der Waals surface area contributed by atoms with Gasteiger partial charge in [-0.05, 0) is 48.3 Å². The second kappa shape index (κ2) is 6.99. The summed E-state index contributed by atoms with van der Waals surface area (Å²) in [6.07, 6.45) is 2.86. The fraction of sp³-hybridized carbons (Fsp3) is 0.500. The first-order valence-electron chi connectivity index (χ1n) is 9.75. The molecular weight excluding hydrogens is 372 g/mol. The van der Waals surface area contributed by atoms with Gasteiger partial charge in [-0.15, -0.1) is 11.3 Å². The van der Waals surface area contributed by atoms with Crippen LogP contribution in [0.4, 0.5) is 5.00 Å². The lowest BCUT2D eigenvalue weighted by atomic mass is 9.72. The molecule has 150 valence electrons. The first-order valence-corrected chi connectivity index (χ1v) is 10.6. The molecule has 1 aliphatic heterocycles. The van der Waals surface area contributed by atoms with Gasteiger partial charge in [-0.2, -0.15) is 0 Å². The molecule has 0 saturated carbocycles. The van der Waals surface area contributed by atoms with Crippen LogP contribution in [-0.4, -0.2) is 20.1 Å². The molecule has 28 heavy (non-hydrogen) atoms. The molecule has 4 rings (SSSR count). The molecule has 0 spiro atoms. The van der Waals surface area contributed by atoms with Gasteiger partial charge in [0.2, 0.25) is 0 Å². The van der Waals surface area contributed by atoms with Gasteiger partial charge < -0.3 is 20.1 Å². The van der Waals surface area contributed by atoms with Crippen LogP contribution in [0, 0.1) is 11.3 Å². The van der Waals surface area contributed by atoms with Crippen molar-refractivity contribution < 1.29 is 14.3 Å². The molecule has 2 aromatic rings. The number of ether oxygens (including phenoxy) is 2. The van der Waals surface area contributed by atoms with Crippen LogP contribution in [0.25, 0.3) is 0 Å². The molecule has 0 bridgehead atoms. The van der Waals surface area contributed by atoms with Gasteiger partial charge in [0.15, 0.2) is 0 Å². The minimum absolute atomic E-state index is 0.00308. The summed E-state index contributed by atoms with van der Waals surface area (Å²) in [5.74, 6) is 2.07. The summed E-state index contributed by atoms with van der Waals surface area (Å²) >= 11 is 1.74. The average Bonchev–Trinajstić information content (AvgIpc) is 3.04. The third kappa shape index (κ3) is 3.24. The summed E-state index contributed by atoms with van der Waals surface area (Å²) in [7, 11) is 3.26. The molecule has 2 heterocycles. The predicted molar refractivity (Wildman–Crippen MR) is 113 cm³/mol. The zero-order valence-electron chi connectivity index (χ0n) is 17.1. The van der Waals surface area contributed by atoms with E-state index in [0.29, 0.717) is 11.7 Å². The predicted octanol–water partition coefficient (Wildman–Crippen LogP) is 4.77. The monoisotopic (exact) mass is 400 g/mol. The van der Waals surface area contributed by atoms with Gasteiger partial charge in [-0.3, -0.25) is 4.79 Å². The van der Waals surface area contributed by atoms with Gasteiger partial charge in [0.25, 0.3) is 5.91 Å². The lowest BCUT2D eigenvalue weighted by Crippen LogP contribution is -2.38. The highest BCUT2D eigenvalue weighted by molar-refractivity contribution is 7.16. The maximum atomic E-state index is 13.0. The van der Waals surface area contributed by atoms with E-state index >= 15 is 0 Å². The minimum atomic E-state index is -0.320. The molecule has 6 heteroatoms. The number of fused-ring (bicyclic) bond motifs is 3. The highest BCUT2D eigenvalue weighted by atomic mass is 32.1. The highest BCUT2D eigenvalue weighted by Gasteiger charge is 2.37. The van der Waals surface area contributed by atoms with E-state index in [1.54, 1.807) is 25.6 Å². The number of anilines is 1. The van der Waals surface area contributed by atoms with Crippen LogP contribution in [0.15, 0.2) is 18.2 Å². The SMILES string of the molecule is COc1ccc(C2NC(=O)c3c(sc4c3CCC(C(C)(C)C)C4)N2)c(OC)c1. The van der Waals surface area contributed by atoms with E-state index in [2.05, 4.69) is 31.4 Å². The number of hydrogen-bond acceptors (Lipinski definition) is 5. The lowest BCUT2D eigenvalue weighted by molar-refractivity contribution is 0.0934. The van der Waals surface area contributed by atoms with Crippen molar-refractivity contribution in [3.8, 4) is 11.5 Å². The van der Waals surface area contributed by atoms with E-state index in [1.165, 1.54) is 10.4 Å². The molecule has 1 aliphatic carbocycles. The number of thiophene rings is 1. The summed E-state index contributed by atoms with van der Waals surface area (Å²) in [4.78, 5) is 14.4. The Hall–Kier alpha value is -2.21. The Morgan fingerprint density at radius 3 is 2.61 bits per heavy atom. The van der Waals surface area contributed by atoms with Crippen LogP contribution in [0.3, 0.4) is 0 Å². The highest BCUT2D eigenvalue weighted by Crippen LogP contribution is 2.46. The van der Waals surface area contributed by atoms with Crippen molar-refractivity contribution in [2.24, 2.45) is 11.3 Å². The number of nitrogens with one attached hydrogen (secondary N) is 2. The topological polar surface area (TPSA) is 59.6 Å². The van der Waals surface area contributed by atoms with Gasteiger partial charge in [0, 0.05) is 16.5 Å². The number of rotatable bonds is 3. The second-order valence-electron chi connectivity index (χ2n) is 8.67. The van der Waals surface area contributed by atoms with E-state index in [-0.39, 0.29) is 17.5 Å². The molecular formula is C22H28N2O3S. The fourth-order valence-electron chi connectivity index (χ4n) is 4.25. The summed E-state index contributed by atoms with van der Waals surface area (Å²) in [5.41, 5.74) is 3.26. The molecule has 2 atom stereocenters. The Balaban J connectivity index is 1.66. The largest absolute Gasteiger partial charge is 0.497 e. The van der Waals surface area contributed by atoms with Crippen LogP contribution < -0.4 is 20.1 Å². The van der Waals surface area contributed by atoms with Crippen molar-refractivity contribution in [1.29, 1.82) is 0 Å². The smallest absolute Gasteiger partial charge is 0.256 e. The normalized spacial score (nSPS) is 21.2. The standard InChI is InChI=1S/C22H28N2O3S/c1-22(2,3)12-6-8-15-17(10-12)28-21-18(15)20(25)23-19(24-21)14-9-7-13(26-4)11-16(14)27-5/h7,9,11-12,19,24H,6,8,10H2,1-5H3,(H,23,25). The first-order chi connectivity index (χ1) is 13.3. The minimum Gasteiger partial charge on any atom is -0.497 e. The molecule has 2 unspecified atom stereocenters. The second-order valence-corrected chi connectivity index (χ2v) is 9.78. The van der Waals surface area contributed by atoms with Crippen LogP contribution >= 0.6 is 11.3 Å². The zero-order chi connectivity index (χ0) is 20.1. The average molecular weight is 401 g/mol. The van der Waals surface area contributed by atoms with Crippen molar-refractivity contribution in [3.63, 3.8) is 0 Å².